The second kappa shape index (κ2) is 4.57. The maximum Gasteiger partial charge on any atom is 0.294 e. The molecule has 0 bridgehead atoms. The van der Waals surface area contributed by atoms with E-state index in [1.807, 2.05) is 0 Å². The number of benzene rings is 1. The van der Waals surface area contributed by atoms with Crippen molar-refractivity contribution in [1.82, 2.24) is 19.9 Å². The number of hydrogen-bond donors (Lipinski definition) is 1. The van der Waals surface area contributed by atoms with Crippen molar-refractivity contribution in [3.63, 3.8) is 0 Å². The number of nitrogens with two attached hydrogens (primary N) is 1. The van der Waals surface area contributed by atoms with Gasteiger partial charge in [-0.25, -0.2) is 16.2 Å². The highest BCUT2D eigenvalue weighted by Gasteiger charge is 2.21. The Morgan fingerprint density at radius 1 is 1.48 bits per heavy atom. The molecule has 3 aromatic rings. The van der Waals surface area contributed by atoms with E-state index in [0.717, 1.165) is 0 Å². The van der Waals surface area contributed by atoms with E-state index in [1.54, 1.807) is 4.57 Å². The third kappa shape index (κ3) is 1.93. The quantitative estimate of drug-likeness (QED) is 0.437. The summed E-state index contributed by atoms with van der Waals surface area (Å²) in [7, 11) is 0. The van der Waals surface area contributed by atoms with Crippen LogP contribution in [0, 0.1) is 16.7 Å². The number of rotatable bonds is 3. The van der Waals surface area contributed by atoms with Crippen LogP contribution >= 0.6 is 0 Å². The van der Waals surface area contributed by atoms with Crippen LogP contribution < -0.4 is 5.73 Å². The van der Waals surface area contributed by atoms with E-state index in [1.165, 1.54) is 18.2 Å². The fourth-order valence-electron chi connectivity index (χ4n) is 1.98. The van der Waals surface area contributed by atoms with E-state index in [4.69, 9.17) is 12.3 Å². The van der Waals surface area contributed by atoms with Gasteiger partial charge in [-0.15, -0.1) is 0 Å². The molecule has 0 aliphatic heterocycles. The summed E-state index contributed by atoms with van der Waals surface area (Å²) in [5.41, 5.74) is 6.66. The molecule has 0 aliphatic carbocycles. The van der Waals surface area contributed by atoms with E-state index in [-0.39, 0.29) is 29.7 Å². The van der Waals surface area contributed by atoms with Gasteiger partial charge >= 0.3 is 0 Å². The molecular weight excluding hydrogens is 278 g/mol. The number of imidazole rings is 1. The minimum atomic E-state index is -0.515. The fraction of sp³-hybridized carbons (Fsp3) is 0.0909. The number of hydrogen-bond acceptors (Lipinski definition) is 7. The lowest BCUT2D eigenvalue weighted by Crippen LogP contribution is -1.99. The third-order valence-electron chi connectivity index (χ3n) is 2.88. The van der Waals surface area contributed by atoms with Crippen LogP contribution in [0.1, 0.15) is 0 Å². The molecule has 2 heterocycles. The molecule has 0 unspecified atom stereocenters. The highest BCUT2D eigenvalue weighted by molar-refractivity contribution is 5.83. The van der Waals surface area contributed by atoms with Crippen molar-refractivity contribution in [3.05, 3.63) is 39.7 Å². The topological polar surface area (TPSA) is 130 Å². The summed E-state index contributed by atoms with van der Waals surface area (Å²) >= 11 is 0. The SMILES string of the molecule is [C-]#[N+]Cn1c(-c2nonc2N)nc2cc([N+](=O)[O-])ccc21. The number of aromatic nitrogens is 4. The average Bonchev–Trinajstić information content (AvgIpc) is 3.02. The first kappa shape index (κ1) is 12.5. The summed E-state index contributed by atoms with van der Waals surface area (Å²) in [5.74, 6) is 0.311. The van der Waals surface area contributed by atoms with Gasteiger partial charge in [-0.05, 0) is 16.4 Å². The summed E-state index contributed by atoms with van der Waals surface area (Å²) in [4.78, 5) is 17.9. The van der Waals surface area contributed by atoms with Gasteiger partial charge in [0.25, 0.3) is 12.4 Å². The van der Waals surface area contributed by atoms with Crippen molar-refractivity contribution in [1.29, 1.82) is 0 Å². The van der Waals surface area contributed by atoms with Gasteiger partial charge in [0.1, 0.15) is 0 Å². The number of nitrogen functional groups attached to an aromatic ring is 1. The highest BCUT2D eigenvalue weighted by Crippen LogP contribution is 2.28. The van der Waals surface area contributed by atoms with Crippen LogP contribution in [0.4, 0.5) is 11.5 Å². The molecule has 0 fully saturated rings. The Kier molecular flexibility index (Phi) is 2.73. The van der Waals surface area contributed by atoms with Crippen molar-refractivity contribution in [2.75, 3.05) is 5.73 Å². The lowest BCUT2D eigenvalue weighted by atomic mass is 10.3. The number of anilines is 1. The first-order chi connectivity index (χ1) is 10.1. The van der Waals surface area contributed by atoms with Gasteiger partial charge in [-0.1, -0.05) is 0 Å². The van der Waals surface area contributed by atoms with Gasteiger partial charge < -0.3 is 5.73 Å². The summed E-state index contributed by atoms with van der Waals surface area (Å²) in [6.45, 7) is 6.99. The van der Waals surface area contributed by atoms with Crippen molar-refractivity contribution >= 4 is 22.5 Å². The van der Waals surface area contributed by atoms with Crippen molar-refractivity contribution in [2.24, 2.45) is 0 Å². The molecule has 2 aromatic heterocycles. The second-order valence-electron chi connectivity index (χ2n) is 4.09. The molecule has 10 heteroatoms. The second-order valence-corrected chi connectivity index (χ2v) is 4.09. The predicted molar refractivity (Wildman–Crippen MR) is 70.7 cm³/mol. The van der Waals surface area contributed by atoms with Gasteiger partial charge in [-0.3, -0.25) is 19.5 Å². The van der Waals surface area contributed by atoms with E-state index in [9.17, 15) is 10.1 Å². The smallest absolute Gasteiger partial charge is 0.294 e. The van der Waals surface area contributed by atoms with Gasteiger partial charge in [0.05, 0.1) is 16.0 Å². The Balaban J connectivity index is 2.29. The summed E-state index contributed by atoms with van der Waals surface area (Å²) in [6.07, 6.45) is 0. The zero-order valence-electron chi connectivity index (χ0n) is 10.4. The normalized spacial score (nSPS) is 10.6. The molecule has 0 aliphatic rings. The molecule has 10 nitrogen and oxygen atoms in total. The number of fused-ring (bicyclic) bond motifs is 1. The first-order valence-corrected chi connectivity index (χ1v) is 5.68. The van der Waals surface area contributed by atoms with Gasteiger partial charge in [0.2, 0.25) is 0 Å². The van der Waals surface area contributed by atoms with Crippen LogP contribution in [-0.4, -0.2) is 24.8 Å². The summed E-state index contributed by atoms with van der Waals surface area (Å²) in [5, 5.41) is 17.9. The number of nitro benzene ring substituents is 1. The Labute approximate surface area is 116 Å². The highest BCUT2D eigenvalue weighted by atomic mass is 16.6. The Morgan fingerprint density at radius 3 is 2.90 bits per heavy atom. The number of nitrogens with zero attached hydrogens (tertiary/aromatic N) is 6. The van der Waals surface area contributed by atoms with Gasteiger partial charge in [-0.2, -0.15) is 0 Å². The van der Waals surface area contributed by atoms with E-state index in [0.29, 0.717) is 11.0 Å². The zero-order chi connectivity index (χ0) is 15.0. The largest absolute Gasteiger partial charge is 0.379 e. The lowest BCUT2D eigenvalue weighted by Gasteiger charge is -1.99. The fourth-order valence-corrected chi connectivity index (χ4v) is 1.98. The molecule has 3 rings (SSSR count). The van der Waals surface area contributed by atoms with Crippen LogP contribution in [0.2, 0.25) is 0 Å². The van der Waals surface area contributed by atoms with Crippen LogP contribution in [0.5, 0.6) is 0 Å². The number of non-ortho nitro benzene ring substituents is 1. The van der Waals surface area contributed by atoms with Crippen LogP contribution in [-0.2, 0) is 6.67 Å². The van der Waals surface area contributed by atoms with E-state index < -0.39 is 4.92 Å². The predicted octanol–water partition coefficient (Wildman–Crippen LogP) is 1.45. The molecule has 0 saturated carbocycles. The third-order valence-corrected chi connectivity index (χ3v) is 2.88. The van der Waals surface area contributed by atoms with Crippen LogP contribution in [0.15, 0.2) is 22.8 Å². The number of nitro groups is 1. The molecule has 1 aromatic carbocycles. The average molecular weight is 285 g/mol. The lowest BCUT2D eigenvalue weighted by molar-refractivity contribution is -0.384. The standard InChI is InChI=1S/C11H7N7O3/c1-13-5-17-8-3-2-6(18(19)20)4-7(8)14-11(17)9-10(12)16-21-15-9/h2-4H,5H2,(H2,12,16). The van der Waals surface area contributed by atoms with Crippen molar-refractivity contribution in [3.8, 4) is 11.5 Å². The van der Waals surface area contributed by atoms with Gasteiger partial charge in [0, 0.05) is 12.1 Å². The first-order valence-electron chi connectivity index (χ1n) is 5.68. The minimum absolute atomic E-state index is 0.0318. The Morgan fingerprint density at radius 2 is 2.29 bits per heavy atom. The molecule has 104 valence electrons. The maximum absolute atomic E-state index is 10.8. The van der Waals surface area contributed by atoms with E-state index in [2.05, 4.69) is 24.8 Å². The molecule has 0 amide bonds. The molecule has 2 N–H and O–H groups in total. The molecule has 21 heavy (non-hydrogen) atoms. The van der Waals surface area contributed by atoms with Crippen molar-refractivity contribution < 1.29 is 9.55 Å². The molecule has 0 atom stereocenters. The van der Waals surface area contributed by atoms with Gasteiger partial charge in [0.15, 0.2) is 17.3 Å². The minimum Gasteiger partial charge on any atom is -0.379 e. The summed E-state index contributed by atoms with van der Waals surface area (Å²) in [6, 6.07) is 4.19. The molecule has 0 spiro atoms. The van der Waals surface area contributed by atoms with Crippen LogP contribution in [0.3, 0.4) is 0 Å². The van der Waals surface area contributed by atoms with Crippen molar-refractivity contribution in [2.45, 2.75) is 6.67 Å². The summed E-state index contributed by atoms with van der Waals surface area (Å²) < 4.78 is 6.07. The monoisotopic (exact) mass is 285 g/mol. The Hall–Kier alpha value is -3.48. The maximum atomic E-state index is 10.8. The molecular formula is C11H7N7O3. The van der Waals surface area contributed by atoms with Crippen LogP contribution in [0.25, 0.3) is 27.4 Å². The molecule has 0 saturated heterocycles. The van der Waals surface area contributed by atoms with E-state index >= 15 is 0 Å². The Bertz CT molecular complexity index is 889. The zero-order valence-corrected chi connectivity index (χ0v) is 10.4. The molecule has 0 radical (unpaired) electrons.